The number of hydrogen-bond donors (Lipinski definition) is 1. The lowest BCUT2D eigenvalue weighted by molar-refractivity contribution is 0.139. The Morgan fingerprint density at radius 1 is 1.29 bits per heavy atom. The predicted molar refractivity (Wildman–Crippen MR) is 73.3 cm³/mol. The fourth-order valence-corrected chi connectivity index (χ4v) is 2.56. The first-order chi connectivity index (χ1) is 8.04. The lowest BCUT2D eigenvalue weighted by Crippen LogP contribution is -2.41. The van der Waals surface area contributed by atoms with Crippen LogP contribution in [0, 0.1) is 11.8 Å². The summed E-state index contributed by atoms with van der Waals surface area (Å²) in [6, 6.07) is 1.26. The van der Waals surface area contributed by atoms with Crippen molar-refractivity contribution < 1.29 is 4.74 Å². The quantitative estimate of drug-likeness (QED) is 0.739. The van der Waals surface area contributed by atoms with Crippen LogP contribution in [0.1, 0.15) is 34.1 Å². The molecule has 1 saturated heterocycles. The number of methoxy groups -OCH3 is 1. The number of likely N-dealkylation sites (tertiary alicyclic amines) is 1. The molecule has 3 unspecified atom stereocenters. The highest BCUT2D eigenvalue weighted by molar-refractivity contribution is 4.82. The van der Waals surface area contributed by atoms with Gasteiger partial charge in [-0.25, -0.2) is 0 Å². The number of nitrogens with zero attached hydrogens (tertiary/aromatic N) is 1. The van der Waals surface area contributed by atoms with Gasteiger partial charge in [0, 0.05) is 25.7 Å². The van der Waals surface area contributed by atoms with Crippen LogP contribution in [0.5, 0.6) is 0 Å². The number of rotatable bonds is 7. The largest absolute Gasteiger partial charge is 0.384 e. The SMILES string of the molecule is COCC1CCN(C(C)C(C)CNC(C)C)C1. The van der Waals surface area contributed by atoms with Crippen LogP contribution >= 0.6 is 0 Å². The molecule has 0 aromatic carbocycles. The fraction of sp³-hybridized carbons (Fsp3) is 1.00. The van der Waals surface area contributed by atoms with Gasteiger partial charge in [-0.2, -0.15) is 0 Å². The van der Waals surface area contributed by atoms with Crippen LogP contribution in [-0.2, 0) is 4.74 Å². The summed E-state index contributed by atoms with van der Waals surface area (Å²) >= 11 is 0. The van der Waals surface area contributed by atoms with Crippen molar-refractivity contribution in [3.8, 4) is 0 Å². The zero-order valence-corrected chi connectivity index (χ0v) is 12.2. The van der Waals surface area contributed by atoms with Crippen molar-refractivity contribution in [2.75, 3.05) is 33.4 Å². The second-order valence-corrected chi connectivity index (χ2v) is 5.89. The van der Waals surface area contributed by atoms with E-state index in [1.165, 1.54) is 19.5 Å². The van der Waals surface area contributed by atoms with Crippen molar-refractivity contribution in [1.29, 1.82) is 0 Å². The van der Waals surface area contributed by atoms with Gasteiger partial charge in [-0.15, -0.1) is 0 Å². The second kappa shape index (κ2) is 7.34. The van der Waals surface area contributed by atoms with Crippen LogP contribution in [0.25, 0.3) is 0 Å². The maximum absolute atomic E-state index is 5.25. The summed E-state index contributed by atoms with van der Waals surface area (Å²) in [6.07, 6.45) is 1.29. The summed E-state index contributed by atoms with van der Waals surface area (Å²) < 4.78 is 5.25. The third-order valence-corrected chi connectivity index (χ3v) is 3.97. The highest BCUT2D eigenvalue weighted by Crippen LogP contribution is 2.22. The number of ether oxygens (including phenoxy) is 1. The van der Waals surface area contributed by atoms with E-state index in [1.807, 2.05) is 0 Å². The van der Waals surface area contributed by atoms with Crippen LogP contribution in [-0.4, -0.2) is 50.3 Å². The summed E-state index contributed by atoms with van der Waals surface area (Å²) in [5.74, 6) is 1.45. The Morgan fingerprint density at radius 2 is 2.00 bits per heavy atom. The monoisotopic (exact) mass is 242 g/mol. The molecule has 17 heavy (non-hydrogen) atoms. The van der Waals surface area contributed by atoms with Gasteiger partial charge in [0.25, 0.3) is 0 Å². The normalized spacial score (nSPS) is 25.4. The predicted octanol–water partition coefficient (Wildman–Crippen LogP) is 1.98. The Labute approximate surface area is 107 Å². The van der Waals surface area contributed by atoms with Crippen LogP contribution in [0.4, 0.5) is 0 Å². The summed E-state index contributed by atoms with van der Waals surface area (Å²) in [5.41, 5.74) is 0. The summed E-state index contributed by atoms with van der Waals surface area (Å²) in [4.78, 5) is 2.62. The molecule has 102 valence electrons. The zero-order valence-electron chi connectivity index (χ0n) is 12.2. The first-order valence-electron chi connectivity index (χ1n) is 7.01. The molecule has 0 saturated carbocycles. The number of hydrogen-bond acceptors (Lipinski definition) is 3. The van der Waals surface area contributed by atoms with Gasteiger partial charge in [-0.05, 0) is 38.3 Å². The molecule has 1 heterocycles. The van der Waals surface area contributed by atoms with Crippen LogP contribution in [0.2, 0.25) is 0 Å². The lowest BCUT2D eigenvalue weighted by atomic mass is 10.0. The first-order valence-corrected chi connectivity index (χ1v) is 7.01. The van der Waals surface area contributed by atoms with E-state index in [2.05, 4.69) is 37.9 Å². The average Bonchev–Trinajstić information content (AvgIpc) is 2.74. The maximum atomic E-state index is 5.25. The van der Waals surface area contributed by atoms with E-state index in [0.29, 0.717) is 18.0 Å². The van der Waals surface area contributed by atoms with E-state index in [4.69, 9.17) is 4.74 Å². The van der Waals surface area contributed by atoms with E-state index in [9.17, 15) is 0 Å². The van der Waals surface area contributed by atoms with Crippen LogP contribution < -0.4 is 5.32 Å². The Hall–Kier alpha value is -0.120. The summed E-state index contributed by atoms with van der Waals surface area (Å²) in [6.45, 7) is 13.6. The maximum Gasteiger partial charge on any atom is 0.0503 e. The van der Waals surface area contributed by atoms with E-state index in [1.54, 1.807) is 7.11 Å². The Balaban J connectivity index is 2.29. The van der Waals surface area contributed by atoms with Gasteiger partial charge in [0.1, 0.15) is 0 Å². The molecule has 0 aromatic heterocycles. The second-order valence-electron chi connectivity index (χ2n) is 5.89. The molecule has 1 N–H and O–H groups in total. The molecule has 0 aromatic rings. The highest BCUT2D eigenvalue weighted by Gasteiger charge is 2.28. The highest BCUT2D eigenvalue weighted by atomic mass is 16.5. The number of nitrogens with one attached hydrogen (secondary N) is 1. The molecule has 1 aliphatic heterocycles. The van der Waals surface area contributed by atoms with Crippen molar-refractivity contribution in [2.45, 2.75) is 46.2 Å². The van der Waals surface area contributed by atoms with Crippen molar-refractivity contribution >= 4 is 0 Å². The van der Waals surface area contributed by atoms with Crippen molar-refractivity contribution in [3.05, 3.63) is 0 Å². The molecule has 0 amide bonds. The molecule has 1 aliphatic rings. The van der Waals surface area contributed by atoms with Crippen LogP contribution in [0.3, 0.4) is 0 Å². The molecular weight excluding hydrogens is 212 g/mol. The van der Waals surface area contributed by atoms with Gasteiger partial charge in [-0.3, -0.25) is 4.90 Å². The molecule has 0 radical (unpaired) electrons. The smallest absolute Gasteiger partial charge is 0.0503 e. The molecule has 1 fully saturated rings. The third-order valence-electron chi connectivity index (χ3n) is 3.97. The molecule has 0 aliphatic carbocycles. The van der Waals surface area contributed by atoms with Gasteiger partial charge in [-0.1, -0.05) is 20.8 Å². The van der Waals surface area contributed by atoms with Crippen molar-refractivity contribution in [3.63, 3.8) is 0 Å². The Morgan fingerprint density at radius 3 is 2.59 bits per heavy atom. The summed E-state index contributed by atoms with van der Waals surface area (Å²) in [7, 11) is 1.81. The van der Waals surface area contributed by atoms with Gasteiger partial charge in [0.15, 0.2) is 0 Å². The molecule has 3 atom stereocenters. The summed E-state index contributed by atoms with van der Waals surface area (Å²) in [5, 5.41) is 3.53. The topological polar surface area (TPSA) is 24.5 Å². The van der Waals surface area contributed by atoms with E-state index >= 15 is 0 Å². The minimum atomic E-state index is 0.587. The van der Waals surface area contributed by atoms with E-state index in [0.717, 1.165) is 19.1 Å². The van der Waals surface area contributed by atoms with Crippen molar-refractivity contribution in [1.82, 2.24) is 10.2 Å². The van der Waals surface area contributed by atoms with E-state index in [-0.39, 0.29) is 0 Å². The average molecular weight is 242 g/mol. The Kier molecular flexibility index (Phi) is 6.45. The standard InChI is InChI=1S/C14H30N2O/c1-11(2)15-8-12(3)13(4)16-7-6-14(9-16)10-17-5/h11-15H,6-10H2,1-5H3. The lowest BCUT2D eigenvalue weighted by Gasteiger charge is -2.30. The van der Waals surface area contributed by atoms with Gasteiger partial charge >= 0.3 is 0 Å². The fourth-order valence-electron chi connectivity index (χ4n) is 2.56. The van der Waals surface area contributed by atoms with Gasteiger partial charge < -0.3 is 10.1 Å². The molecule has 3 heteroatoms. The Bertz CT molecular complexity index is 208. The third kappa shape index (κ3) is 4.94. The molecular formula is C14H30N2O. The van der Waals surface area contributed by atoms with Gasteiger partial charge in [0.05, 0.1) is 6.61 Å². The first kappa shape index (κ1) is 14.9. The van der Waals surface area contributed by atoms with Crippen molar-refractivity contribution in [2.24, 2.45) is 11.8 Å². The van der Waals surface area contributed by atoms with E-state index < -0.39 is 0 Å². The molecule has 3 nitrogen and oxygen atoms in total. The minimum absolute atomic E-state index is 0.587. The molecule has 1 rings (SSSR count). The van der Waals surface area contributed by atoms with Crippen LogP contribution in [0.15, 0.2) is 0 Å². The minimum Gasteiger partial charge on any atom is -0.384 e. The molecule has 0 spiro atoms. The molecule has 0 bridgehead atoms. The zero-order chi connectivity index (χ0) is 12.8. The van der Waals surface area contributed by atoms with Gasteiger partial charge in [0.2, 0.25) is 0 Å².